The van der Waals surface area contributed by atoms with Gasteiger partial charge < -0.3 is 0 Å². The second kappa shape index (κ2) is 7.37. The normalized spacial score (nSPS) is 14.0. The SMILES string of the molecule is [2H]/C(=C(\C)CCCCCC)S(=O)(=O)c1ccccc1. The zero-order chi connectivity index (χ0) is 14.3. The lowest BCUT2D eigenvalue weighted by Crippen LogP contribution is -1.97. The monoisotopic (exact) mass is 267 g/mol. The van der Waals surface area contributed by atoms with Gasteiger partial charge in [-0.15, -0.1) is 0 Å². The molecule has 0 radical (unpaired) electrons. The fraction of sp³-hybridized carbons (Fsp3) is 0.467. The lowest BCUT2D eigenvalue weighted by Gasteiger charge is -2.03. The van der Waals surface area contributed by atoms with E-state index in [1.165, 1.54) is 12.1 Å². The molecule has 0 N–H and O–H groups in total. The Morgan fingerprint density at radius 2 is 1.89 bits per heavy atom. The Morgan fingerprint density at radius 1 is 1.22 bits per heavy atom. The van der Waals surface area contributed by atoms with Gasteiger partial charge in [0.05, 0.1) is 6.27 Å². The van der Waals surface area contributed by atoms with Gasteiger partial charge in [0.15, 0.2) is 9.84 Å². The maximum Gasteiger partial charge on any atom is 0.199 e. The summed E-state index contributed by atoms with van der Waals surface area (Å²) in [4.78, 5) is 0.202. The topological polar surface area (TPSA) is 34.1 Å². The Balaban J connectivity index is 2.82. The van der Waals surface area contributed by atoms with E-state index in [1.807, 2.05) is 0 Å². The van der Waals surface area contributed by atoms with Crippen LogP contribution < -0.4 is 0 Å². The molecular formula is C15H22O2S. The van der Waals surface area contributed by atoms with Crippen molar-refractivity contribution in [3.8, 4) is 0 Å². The molecule has 0 saturated heterocycles. The standard InChI is InChI=1S/C15H22O2S/c1-3-4-5-7-10-14(2)13-18(16,17)15-11-8-6-9-12-15/h6,8-9,11-13H,3-5,7,10H2,1-2H3/b14-13-/i13D. The summed E-state index contributed by atoms with van der Waals surface area (Å²) in [5.74, 6) is 0. The Morgan fingerprint density at radius 3 is 2.50 bits per heavy atom. The molecule has 0 fully saturated rings. The van der Waals surface area contributed by atoms with Crippen LogP contribution in [0.15, 0.2) is 46.2 Å². The van der Waals surface area contributed by atoms with Crippen molar-refractivity contribution < 1.29 is 9.79 Å². The molecule has 0 aliphatic carbocycles. The molecule has 0 unspecified atom stereocenters. The zero-order valence-corrected chi connectivity index (χ0v) is 12.0. The van der Waals surface area contributed by atoms with Gasteiger partial charge in [-0.3, -0.25) is 0 Å². The third-order valence-corrected chi connectivity index (χ3v) is 4.28. The predicted octanol–water partition coefficient (Wildman–Crippen LogP) is 4.33. The van der Waals surface area contributed by atoms with Crippen LogP contribution in [-0.4, -0.2) is 8.42 Å². The first-order valence-corrected chi connectivity index (χ1v) is 7.95. The summed E-state index contributed by atoms with van der Waals surface area (Å²) in [6.07, 6.45) is 5.04. The highest BCUT2D eigenvalue weighted by atomic mass is 32.2. The highest BCUT2D eigenvalue weighted by molar-refractivity contribution is 7.94. The van der Waals surface area contributed by atoms with Crippen LogP contribution in [0.5, 0.6) is 0 Å². The molecule has 1 aromatic carbocycles. The van der Waals surface area contributed by atoms with Gasteiger partial charge in [-0.2, -0.15) is 0 Å². The maximum atomic E-state index is 12.2. The Bertz CT molecular complexity index is 518. The van der Waals surface area contributed by atoms with Crippen LogP contribution in [0.4, 0.5) is 0 Å². The zero-order valence-electron chi connectivity index (χ0n) is 12.1. The van der Waals surface area contributed by atoms with Gasteiger partial charge in [-0.05, 0) is 31.9 Å². The fourth-order valence-electron chi connectivity index (χ4n) is 1.76. The molecule has 0 saturated carbocycles. The first kappa shape index (κ1) is 13.3. The summed E-state index contributed by atoms with van der Waals surface area (Å²) < 4.78 is 32.3. The quantitative estimate of drug-likeness (QED) is 0.689. The number of benzene rings is 1. The summed E-state index contributed by atoms with van der Waals surface area (Å²) in [6, 6.07) is 8.19. The highest BCUT2D eigenvalue weighted by Crippen LogP contribution is 2.16. The number of allylic oxidation sites excluding steroid dienone is 1. The van der Waals surface area contributed by atoms with Crippen LogP contribution in [0, 0.1) is 0 Å². The van der Waals surface area contributed by atoms with Crippen LogP contribution in [0.3, 0.4) is 0 Å². The predicted molar refractivity (Wildman–Crippen MR) is 76.1 cm³/mol. The average Bonchev–Trinajstić information content (AvgIpc) is 2.43. The average molecular weight is 267 g/mol. The molecule has 18 heavy (non-hydrogen) atoms. The first-order valence-electron chi connectivity index (χ1n) is 6.96. The summed E-state index contributed by atoms with van der Waals surface area (Å²) in [7, 11) is -3.63. The van der Waals surface area contributed by atoms with E-state index < -0.39 is 9.84 Å². The number of sulfone groups is 1. The first-order chi connectivity index (χ1) is 9.00. The van der Waals surface area contributed by atoms with E-state index >= 15 is 0 Å². The number of rotatable bonds is 7. The van der Waals surface area contributed by atoms with Crippen LogP contribution in [-0.2, 0) is 9.84 Å². The van der Waals surface area contributed by atoms with Gasteiger partial charge in [-0.1, -0.05) is 50.0 Å². The van der Waals surface area contributed by atoms with Crippen LogP contribution >= 0.6 is 0 Å². The van der Waals surface area contributed by atoms with E-state index in [0.717, 1.165) is 25.7 Å². The van der Waals surface area contributed by atoms with E-state index in [2.05, 4.69) is 6.92 Å². The summed E-state index contributed by atoms with van der Waals surface area (Å²) >= 11 is 0. The van der Waals surface area contributed by atoms with Crippen molar-refractivity contribution in [3.63, 3.8) is 0 Å². The van der Waals surface area contributed by atoms with Gasteiger partial charge in [0.25, 0.3) is 0 Å². The van der Waals surface area contributed by atoms with Crippen molar-refractivity contribution in [1.29, 1.82) is 0 Å². The smallest absolute Gasteiger partial charge is 0.199 e. The molecule has 0 aromatic heterocycles. The van der Waals surface area contributed by atoms with Crippen molar-refractivity contribution in [2.75, 3.05) is 0 Å². The second-order valence-corrected chi connectivity index (χ2v) is 6.19. The Labute approximate surface area is 112 Å². The molecule has 0 aliphatic rings. The minimum Gasteiger partial charge on any atom is -0.219 e. The number of unbranched alkanes of at least 4 members (excludes halogenated alkanes) is 3. The summed E-state index contributed by atoms with van der Waals surface area (Å²) in [5.41, 5.74) is 0.653. The van der Waals surface area contributed by atoms with Gasteiger partial charge in [0, 0.05) is 5.38 Å². The fourth-order valence-corrected chi connectivity index (χ4v) is 2.95. The van der Waals surface area contributed by atoms with E-state index in [0.29, 0.717) is 12.0 Å². The Hall–Kier alpha value is -1.09. The molecule has 1 aromatic rings. The van der Waals surface area contributed by atoms with E-state index in [1.54, 1.807) is 25.1 Å². The molecule has 0 amide bonds. The molecular weight excluding hydrogens is 244 g/mol. The van der Waals surface area contributed by atoms with E-state index in [9.17, 15) is 8.42 Å². The third-order valence-electron chi connectivity index (χ3n) is 2.77. The van der Waals surface area contributed by atoms with Crippen LogP contribution in [0.2, 0.25) is 0 Å². The molecule has 0 bridgehead atoms. The van der Waals surface area contributed by atoms with Crippen LogP contribution in [0.25, 0.3) is 0 Å². The molecule has 0 atom stereocenters. The minimum absolute atomic E-state index is 0.202. The molecule has 0 aliphatic heterocycles. The van der Waals surface area contributed by atoms with Crippen molar-refractivity contribution in [3.05, 3.63) is 41.3 Å². The Kier molecular flexibility index (Phi) is 5.46. The van der Waals surface area contributed by atoms with Crippen molar-refractivity contribution in [2.45, 2.75) is 50.8 Å². The van der Waals surface area contributed by atoms with Crippen molar-refractivity contribution >= 4 is 9.84 Å². The lowest BCUT2D eigenvalue weighted by atomic mass is 10.1. The van der Waals surface area contributed by atoms with Gasteiger partial charge in [0.1, 0.15) is 0 Å². The van der Waals surface area contributed by atoms with Crippen LogP contribution in [0.1, 0.15) is 47.3 Å². The summed E-state index contributed by atoms with van der Waals surface area (Å²) in [6.45, 7) is 3.88. The van der Waals surface area contributed by atoms with E-state index in [4.69, 9.17) is 1.37 Å². The molecule has 1 rings (SSSR count). The number of hydrogen-bond donors (Lipinski definition) is 0. The highest BCUT2D eigenvalue weighted by Gasteiger charge is 2.10. The van der Waals surface area contributed by atoms with Gasteiger partial charge in [-0.25, -0.2) is 8.42 Å². The van der Waals surface area contributed by atoms with Crippen molar-refractivity contribution in [1.82, 2.24) is 0 Å². The maximum absolute atomic E-state index is 12.2. The van der Waals surface area contributed by atoms with Crippen molar-refractivity contribution in [2.24, 2.45) is 0 Å². The van der Waals surface area contributed by atoms with E-state index in [-0.39, 0.29) is 10.3 Å². The minimum atomic E-state index is -3.63. The molecule has 3 heteroatoms. The second-order valence-electron chi connectivity index (χ2n) is 4.51. The molecule has 0 spiro atoms. The number of hydrogen-bond acceptors (Lipinski definition) is 2. The van der Waals surface area contributed by atoms with Gasteiger partial charge >= 0.3 is 0 Å². The molecule has 0 heterocycles. The largest absolute Gasteiger partial charge is 0.219 e. The van der Waals surface area contributed by atoms with Gasteiger partial charge in [0.2, 0.25) is 0 Å². The lowest BCUT2D eigenvalue weighted by molar-refractivity contribution is 0.604. The molecule has 2 nitrogen and oxygen atoms in total. The molecule has 100 valence electrons. The summed E-state index contributed by atoms with van der Waals surface area (Å²) in [5, 5.41) is -0.241. The third kappa shape index (κ3) is 5.05.